The van der Waals surface area contributed by atoms with Crippen LogP contribution in [0.3, 0.4) is 0 Å². The molecule has 0 aromatic heterocycles. The van der Waals surface area contributed by atoms with Crippen molar-refractivity contribution in [2.45, 2.75) is 52.1 Å². The lowest BCUT2D eigenvalue weighted by Gasteiger charge is -2.36. The molecule has 0 fully saturated rings. The molecule has 0 atom stereocenters. The number of halogens is 6. The summed E-state index contributed by atoms with van der Waals surface area (Å²) in [5.74, 6) is -0.898. The van der Waals surface area contributed by atoms with Gasteiger partial charge in [0.15, 0.2) is 8.32 Å². The minimum atomic E-state index is -1.86. The van der Waals surface area contributed by atoms with Gasteiger partial charge in [-0.2, -0.15) is 0 Å². The van der Waals surface area contributed by atoms with Crippen molar-refractivity contribution in [3.05, 3.63) is 64.2 Å². The van der Waals surface area contributed by atoms with E-state index in [1.54, 1.807) is 18.2 Å². The van der Waals surface area contributed by atoms with Crippen molar-refractivity contribution in [1.29, 1.82) is 0 Å². The lowest BCUT2D eigenvalue weighted by Crippen LogP contribution is -2.40. The van der Waals surface area contributed by atoms with Gasteiger partial charge in [0, 0.05) is 18.3 Å². The highest BCUT2D eigenvalue weighted by Gasteiger charge is 2.37. The maximum Gasteiger partial charge on any atom is 0.192 e. The molecule has 0 aliphatic carbocycles. The SMILES string of the molecule is CC(C)(C)[Si](C)(C)OCc1cc(I)cc(Cl)c1F.OCc1cc(I)cc(Cl)c1F. The third-order valence-corrected chi connectivity index (χ3v) is 11.0. The molecule has 0 spiro atoms. The Kier molecular flexibility index (Phi) is 10.8. The van der Waals surface area contributed by atoms with Crippen LogP contribution < -0.4 is 0 Å². The molecule has 0 radical (unpaired) electrons. The molecule has 0 saturated heterocycles. The average Bonchev–Trinajstić information content (AvgIpc) is 2.59. The molecule has 2 nitrogen and oxygen atoms in total. The van der Waals surface area contributed by atoms with Crippen LogP contribution in [0.1, 0.15) is 31.9 Å². The Balaban J connectivity index is 0.000000326. The molecule has 2 rings (SSSR count). The van der Waals surface area contributed by atoms with E-state index < -0.39 is 14.1 Å². The number of rotatable bonds is 4. The Labute approximate surface area is 209 Å². The van der Waals surface area contributed by atoms with Crippen molar-refractivity contribution in [2.75, 3.05) is 0 Å². The molecular weight excluding hydrogens is 663 g/mol. The van der Waals surface area contributed by atoms with Crippen molar-refractivity contribution in [3.63, 3.8) is 0 Å². The highest BCUT2D eigenvalue weighted by atomic mass is 127. The third-order valence-electron chi connectivity index (χ3n) is 4.70. The van der Waals surface area contributed by atoms with E-state index in [0.29, 0.717) is 12.2 Å². The third kappa shape index (κ3) is 8.15. The highest BCUT2D eigenvalue weighted by Crippen LogP contribution is 2.37. The standard InChI is InChI=1S/C13H19ClFIOSi.C7H5ClFIO/c1-13(2,3)18(4,5)17-8-9-6-10(16)7-11(14)12(9)15;8-6-2-5(10)1-4(3-11)7(6)9/h6-7H,8H2,1-5H3;1-2,11H,3H2. The number of hydrogen-bond donors (Lipinski definition) is 1. The lowest BCUT2D eigenvalue weighted by atomic mass is 10.2. The molecule has 0 unspecified atom stereocenters. The fourth-order valence-corrected chi connectivity index (χ4v) is 5.08. The minimum absolute atomic E-state index is 0.0564. The zero-order chi connectivity index (χ0) is 22.6. The molecule has 0 saturated carbocycles. The van der Waals surface area contributed by atoms with Crippen molar-refractivity contribution in [1.82, 2.24) is 0 Å². The van der Waals surface area contributed by atoms with Crippen LogP contribution in [0.2, 0.25) is 28.2 Å². The Morgan fingerprint density at radius 3 is 1.76 bits per heavy atom. The van der Waals surface area contributed by atoms with E-state index in [1.807, 2.05) is 22.6 Å². The van der Waals surface area contributed by atoms with E-state index in [9.17, 15) is 8.78 Å². The predicted octanol–water partition coefficient (Wildman–Crippen LogP) is 8.18. The topological polar surface area (TPSA) is 29.5 Å². The van der Waals surface area contributed by atoms with Crippen LogP contribution in [-0.2, 0) is 17.6 Å². The van der Waals surface area contributed by atoms with Gasteiger partial charge in [-0.25, -0.2) is 8.78 Å². The Bertz CT molecular complexity index is 859. The van der Waals surface area contributed by atoms with E-state index in [4.69, 9.17) is 32.7 Å². The molecule has 9 heteroatoms. The molecular formula is C20H24Cl2F2I2O2Si. The second kappa shape index (κ2) is 11.4. The summed E-state index contributed by atoms with van der Waals surface area (Å²) in [7, 11) is -1.86. The molecule has 0 bridgehead atoms. The quantitative estimate of drug-likeness (QED) is 0.200. The first-order valence-electron chi connectivity index (χ1n) is 8.71. The summed E-state index contributed by atoms with van der Waals surface area (Å²) in [4.78, 5) is 0. The summed E-state index contributed by atoms with van der Waals surface area (Å²) >= 11 is 15.5. The van der Waals surface area contributed by atoms with E-state index in [-0.39, 0.29) is 33.1 Å². The highest BCUT2D eigenvalue weighted by molar-refractivity contribution is 14.1. The van der Waals surface area contributed by atoms with Crippen LogP contribution in [0.15, 0.2) is 24.3 Å². The smallest absolute Gasteiger partial charge is 0.192 e. The van der Waals surface area contributed by atoms with Gasteiger partial charge in [-0.3, -0.25) is 0 Å². The second-order valence-corrected chi connectivity index (χ2v) is 16.0. The van der Waals surface area contributed by atoms with Crippen molar-refractivity contribution < 1.29 is 18.3 Å². The molecule has 0 heterocycles. The minimum Gasteiger partial charge on any atom is -0.412 e. The average molecular weight is 687 g/mol. The number of benzene rings is 2. The zero-order valence-corrected chi connectivity index (χ0v) is 23.7. The molecule has 162 valence electrons. The van der Waals surface area contributed by atoms with Crippen LogP contribution in [0, 0.1) is 18.8 Å². The number of aliphatic hydroxyl groups excluding tert-OH is 1. The zero-order valence-electron chi connectivity index (χ0n) is 16.8. The second-order valence-electron chi connectivity index (χ2n) is 7.93. The Hall–Kier alpha value is 0.477. The summed E-state index contributed by atoms with van der Waals surface area (Å²) < 4.78 is 34.5. The maximum atomic E-state index is 13.9. The van der Waals surface area contributed by atoms with E-state index in [1.165, 1.54) is 6.07 Å². The molecule has 2 aromatic carbocycles. The van der Waals surface area contributed by atoms with Crippen LogP contribution in [-0.4, -0.2) is 13.4 Å². The van der Waals surface area contributed by atoms with Gasteiger partial charge in [0.1, 0.15) is 11.6 Å². The van der Waals surface area contributed by atoms with Gasteiger partial charge < -0.3 is 9.53 Å². The lowest BCUT2D eigenvalue weighted by molar-refractivity contribution is 0.271. The summed E-state index contributed by atoms with van der Waals surface area (Å²) in [5, 5.41) is 9.00. The van der Waals surface area contributed by atoms with Gasteiger partial charge >= 0.3 is 0 Å². The van der Waals surface area contributed by atoms with Crippen LogP contribution in [0.4, 0.5) is 8.78 Å². The van der Waals surface area contributed by atoms with Gasteiger partial charge in [0.05, 0.1) is 23.3 Å². The van der Waals surface area contributed by atoms with Gasteiger partial charge in [-0.1, -0.05) is 44.0 Å². The van der Waals surface area contributed by atoms with Crippen LogP contribution in [0.5, 0.6) is 0 Å². The molecule has 2 aromatic rings. The van der Waals surface area contributed by atoms with E-state index in [0.717, 1.165) is 7.14 Å². The summed E-state index contributed by atoms with van der Waals surface area (Å²) in [5.41, 5.74) is 0.777. The number of aliphatic hydroxyl groups is 1. The molecule has 0 amide bonds. The monoisotopic (exact) mass is 686 g/mol. The molecule has 0 aliphatic heterocycles. The van der Waals surface area contributed by atoms with Gasteiger partial charge in [-0.15, -0.1) is 0 Å². The summed E-state index contributed by atoms with van der Waals surface area (Å²) in [6, 6.07) is 6.47. The van der Waals surface area contributed by atoms with E-state index >= 15 is 0 Å². The maximum absolute atomic E-state index is 13.9. The Morgan fingerprint density at radius 1 is 0.931 bits per heavy atom. The van der Waals surface area contributed by atoms with E-state index in [2.05, 4.69) is 56.5 Å². The summed E-state index contributed by atoms with van der Waals surface area (Å²) in [6.45, 7) is 10.8. The largest absolute Gasteiger partial charge is 0.412 e. The fraction of sp³-hybridized carbons (Fsp3) is 0.400. The van der Waals surface area contributed by atoms with Gasteiger partial charge in [0.25, 0.3) is 0 Å². The normalized spacial score (nSPS) is 11.9. The van der Waals surface area contributed by atoms with Gasteiger partial charge in [-0.05, 0) is 87.6 Å². The molecule has 1 N–H and O–H groups in total. The van der Waals surface area contributed by atoms with Crippen molar-refractivity contribution in [3.8, 4) is 0 Å². The van der Waals surface area contributed by atoms with Crippen LogP contribution >= 0.6 is 68.4 Å². The van der Waals surface area contributed by atoms with Crippen molar-refractivity contribution in [2.24, 2.45) is 0 Å². The number of hydrogen-bond acceptors (Lipinski definition) is 2. The first-order valence-corrected chi connectivity index (χ1v) is 14.5. The first kappa shape index (κ1) is 27.5. The van der Waals surface area contributed by atoms with Crippen molar-refractivity contribution >= 4 is 76.7 Å². The van der Waals surface area contributed by atoms with Crippen LogP contribution in [0.25, 0.3) is 0 Å². The first-order chi connectivity index (χ1) is 13.2. The molecule has 29 heavy (non-hydrogen) atoms. The Morgan fingerprint density at radius 2 is 1.34 bits per heavy atom. The predicted molar refractivity (Wildman–Crippen MR) is 136 cm³/mol. The molecule has 0 aliphatic rings. The summed E-state index contributed by atoms with van der Waals surface area (Å²) in [6.07, 6.45) is 0. The fourth-order valence-electron chi connectivity index (χ4n) is 1.91. The van der Waals surface area contributed by atoms with Gasteiger partial charge in [0.2, 0.25) is 0 Å².